The van der Waals surface area contributed by atoms with Crippen molar-refractivity contribution in [3.8, 4) is 0 Å². The molecule has 1 aromatic heterocycles. The van der Waals surface area contributed by atoms with Crippen LogP contribution in [-0.2, 0) is 6.54 Å². The highest BCUT2D eigenvalue weighted by molar-refractivity contribution is 9.10. The third-order valence-electron chi connectivity index (χ3n) is 4.63. The van der Waals surface area contributed by atoms with Gasteiger partial charge in [0, 0.05) is 22.6 Å². The molecule has 3 nitrogen and oxygen atoms in total. The Morgan fingerprint density at radius 2 is 1.67 bits per heavy atom. The first-order valence-electron chi connectivity index (χ1n) is 8.81. The van der Waals surface area contributed by atoms with Crippen LogP contribution in [0.4, 0.5) is 5.69 Å². The Balaban J connectivity index is 1.68. The molecule has 4 heteroatoms. The molecule has 3 aromatic carbocycles. The average Bonchev–Trinajstić information content (AvgIpc) is 3.01. The number of fused-ring (bicyclic) bond motifs is 1. The van der Waals surface area contributed by atoms with Gasteiger partial charge in [-0.1, -0.05) is 60.2 Å². The summed E-state index contributed by atoms with van der Waals surface area (Å²) in [4.78, 5) is 12.7. The molecule has 0 bridgehead atoms. The molecule has 0 aliphatic carbocycles. The van der Waals surface area contributed by atoms with E-state index in [2.05, 4.69) is 63.1 Å². The summed E-state index contributed by atoms with van der Waals surface area (Å²) in [6.07, 6.45) is 2.01. The molecule has 0 fully saturated rings. The highest BCUT2D eigenvalue weighted by Gasteiger charge is 2.14. The number of hydrogen-bond donors (Lipinski definition) is 1. The predicted molar refractivity (Wildman–Crippen MR) is 114 cm³/mol. The zero-order valence-electron chi connectivity index (χ0n) is 14.9. The average molecular weight is 419 g/mol. The summed E-state index contributed by atoms with van der Waals surface area (Å²) >= 11 is 3.45. The van der Waals surface area contributed by atoms with E-state index in [1.54, 1.807) is 0 Å². The summed E-state index contributed by atoms with van der Waals surface area (Å²) in [6.45, 7) is 2.84. The lowest BCUT2D eigenvalue weighted by Crippen LogP contribution is -2.12. The number of nitrogens with zero attached hydrogens (tertiary/aromatic N) is 1. The second kappa shape index (κ2) is 7.41. The lowest BCUT2D eigenvalue weighted by molar-refractivity contribution is 0.102. The van der Waals surface area contributed by atoms with Crippen LogP contribution in [0.2, 0.25) is 0 Å². The van der Waals surface area contributed by atoms with E-state index in [4.69, 9.17) is 0 Å². The van der Waals surface area contributed by atoms with Gasteiger partial charge in [-0.05, 0) is 46.6 Å². The normalized spacial score (nSPS) is 10.9. The molecule has 0 atom stereocenters. The minimum Gasteiger partial charge on any atom is -0.341 e. The van der Waals surface area contributed by atoms with Gasteiger partial charge in [-0.25, -0.2) is 0 Å². The number of para-hydroxylation sites is 1. The lowest BCUT2D eigenvalue weighted by atomic mass is 10.1. The maximum Gasteiger partial charge on any atom is 0.256 e. The van der Waals surface area contributed by atoms with Gasteiger partial charge in [0.05, 0.1) is 16.8 Å². The molecule has 0 unspecified atom stereocenters. The van der Waals surface area contributed by atoms with Gasteiger partial charge in [-0.2, -0.15) is 0 Å². The number of nitrogens with one attached hydrogen (secondary N) is 1. The largest absolute Gasteiger partial charge is 0.341 e. The van der Waals surface area contributed by atoms with E-state index in [1.165, 1.54) is 11.1 Å². The Kier molecular flexibility index (Phi) is 4.82. The number of aryl methyl sites for hydroxylation is 1. The topological polar surface area (TPSA) is 34.0 Å². The smallest absolute Gasteiger partial charge is 0.256 e. The maximum absolute atomic E-state index is 12.7. The third kappa shape index (κ3) is 3.67. The molecule has 0 radical (unpaired) electrons. The number of halogens is 1. The van der Waals surface area contributed by atoms with Crippen LogP contribution in [-0.4, -0.2) is 10.5 Å². The number of rotatable bonds is 4. The molecule has 0 spiro atoms. The molecule has 1 amide bonds. The van der Waals surface area contributed by atoms with Crippen molar-refractivity contribution in [3.63, 3.8) is 0 Å². The Morgan fingerprint density at radius 3 is 2.44 bits per heavy atom. The number of anilines is 1. The SMILES string of the molecule is Cc1ccc(Cn2cc(NC(=O)c3ccccc3Br)c3ccccc32)cc1. The fourth-order valence-electron chi connectivity index (χ4n) is 3.20. The standard InChI is InChI=1S/C23H19BrN2O/c1-16-10-12-17(13-11-16)14-26-15-21(19-7-3-5-9-22(19)26)25-23(27)18-6-2-4-8-20(18)24/h2-13,15H,14H2,1H3,(H,25,27). The van der Waals surface area contributed by atoms with E-state index in [0.29, 0.717) is 5.56 Å². The maximum atomic E-state index is 12.7. The van der Waals surface area contributed by atoms with Crippen LogP contribution in [0.1, 0.15) is 21.5 Å². The number of amides is 1. The van der Waals surface area contributed by atoms with Gasteiger partial charge >= 0.3 is 0 Å². The second-order valence-electron chi connectivity index (χ2n) is 6.61. The minimum absolute atomic E-state index is 0.124. The number of carbonyl (C=O) groups is 1. The van der Waals surface area contributed by atoms with Crippen LogP contribution >= 0.6 is 15.9 Å². The molecule has 4 aromatic rings. The predicted octanol–water partition coefficient (Wildman–Crippen LogP) is 6.01. The minimum atomic E-state index is -0.124. The summed E-state index contributed by atoms with van der Waals surface area (Å²) in [5.41, 5.74) is 5.01. The summed E-state index contributed by atoms with van der Waals surface area (Å²) in [6, 6.07) is 24.1. The number of carbonyl (C=O) groups excluding carboxylic acids is 1. The first-order valence-corrected chi connectivity index (χ1v) is 9.60. The molecular weight excluding hydrogens is 400 g/mol. The van der Waals surface area contributed by atoms with Gasteiger partial charge in [-0.3, -0.25) is 4.79 Å². The van der Waals surface area contributed by atoms with Gasteiger partial charge in [0.2, 0.25) is 0 Å². The van der Waals surface area contributed by atoms with E-state index >= 15 is 0 Å². The molecular formula is C23H19BrN2O. The molecule has 0 aliphatic heterocycles. The van der Waals surface area contributed by atoms with Crippen molar-refractivity contribution >= 4 is 38.4 Å². The first-order chi connectivity index (χ1) is 13.1. The van der Waals surface area contributed by atoms with Crippen molar-refractivity contribution < 1.29 is 4.79 Å². The molecule has 4 rings (SSSR count). The molecule has 0 saturated heterocycles. The molecule has 27 heavy (non-hydrogen) atoms. The Morgan fingerprint density at radius 1 is 0.963 bits per heavy atom. The van der Waals surface area contributed by atoms with E-state index in [0.717, 1.165) is 27.6 Å². The quantitative estimate of drug-likeness (QED) is 0.432. The fourth-order valence-corrected chi connectivity index (χ4v) is 3.67. The number of hydrogen-bond acceptors (Lipinski definition) is 1. The Labute approximate surface area is 166 Å². The van der Waals surface area contributed by atoms with Crippen LogP contribution in [0.3, 0.4) is 0 Å². The van der Waals surface area contributed by atoms with E-state index < -0.39 is 0 Å². The Bertz CT molecular complexity index is 1110. The Hall–Kier alpha value is -2.85. The number of aromatic nitrogens is 1. The van der Waals surface area contributed by atoms with E-state index in [9.17, 15) is 4.79 Å². The van der Waals surface area contributed by atoms with E-state index in [1.807, 2.05) is 48.7 Å². The molecule has 0 saturated carbocycles. The van der Waals surface area contributed by atoms with Crippen molar-refractivity contribution in [2.75, 3.05) is 5.32 Å². The first kappa shape index (κ1) is 17.6. The van der Waals surface area contributed by atoms with Gasteiger partial charge < -0.3 is 9.88 Å². The summed E-state index contributed by atoms with van der Waals surface area (Å²) < 4.78 is 2.96. The lowest BCUT2D eigenvalue weighted by Gasteiger charge is -2.06. The summed E-state index contributed by atoms with van der Waals surface area (Å²) in [5.74, 6) is -0.124. The summed E-state index contributed by atoms with van der Waals surface area (Å²) in [5, 5.41) is 4.10. The third-order valence-corrected chi connectivity index (χ3v) is 5.32. The molecule has 1 N–H and O–H groups in total. The molecule has 1 heterocycles. The second-order valence-corrected chi connectivity index (χ2v) is 7.46. The highest BCUT2D eigenvalue weighted by Crippen LogP contribution is 2.28. The monoisotopic (exact) mass is 418 g/mol. The van der Waals surface area contributed by atoms with E-state index in [-0.39, 0.29) is 5.91 Å². The van der Waals surface area contributed by atoms with Crippen LogP contribution in [0, 0.1) is 6.92 Å². The van der Waals surface area contributed by atoms with Crippen LogP contribution in [0.25, 0.3) is 10.9 Å². The van der Waals surface area contributed by atoms with Gasteiger partial charge in [-0.15, -0.1) is 0 Å². The van der Waals surface area contributed by atoms with Crippen LogP contribution in [0.15, 0.2) is 83.5 Å². The van der Waals surface area contributed by atoms with Crippen LogP contribution < -0.4 is 5.32 Å². The van der Waals surface area contributed by atoms with Gasteiger partial charge in [0.25, 0.3) is 5.91 Å². The fraction of sp³-hybridized carbons (Fsp3) is 0.0870. The van der Waals surface area contributed by atoms with Crippen molar-refractivity contribution in [3.05, 3.63) is 100 Å². The van der Waals surface area contributed by atoms with Crippen LogP contribution in [0.5, 0.6) is 0 Å². The molecule has 0 aliphatic rings. The van der Waals surface area contributed by atoms with Crippen molar-refractivity contribution in [2.45, 2.75) is 13.5 Å². The zero-order valence-corrected chi connectivity index (χ0v) is 16.5. The van der Waals surface area contributed by atoms with Crippen molar-refractivity contribution in [2.24, 2.45) is 0 Å². The van der Waals surface area contributed by atoms with Gasteiger partial charge in [0.1, 0.15) is 0 Å². The van der Waals surface area contributed by atoms with Crippen molar-refractivity contribution in [1.29, 1.82) is 0 Å². The van der Waals surface area contributed by atoms with Crippen molar-refractivity contribution in [1.82, 2.24) is 4.57 Å². The molecule has 134 valence electrons. The summed E-state index contributed by atoms with van der Waals surface area (Å²) in [7, 11) is 0. The zero-order chi connectivity index (χ0) is 18.8. The number of benzene rings is 3. The highest BCUT2D eigenvalue weighted by atomic mass is 79.9. The van der Waals surface area contributed by atoms with Gasteiger partial charge in [0.15, 0.2) is 0 Å².